The fourth-order valence-corrected chi connectivity index (χ4v) is 3.94. The number of rotatable bonds is 7. The number of carboxylic acids is 1. The maximum absolute atomic E-state index is 11.4. The largest absolute Gasteiger partial charge is 0.481 e. The summed E-state index contributed by atoms with van der Waals surface area (Å²) in [5.41, 5.74) is 0. The van der Waals surface area contributed by atoms with E-state index in [1.165, 1.54) is 11.8 Å². The van der Waals surface area contributed by atoms with Gasteiger partial charge in [0, 0.05) is 12.2 Å². The molecule has 0 aromatic rings. The van der Waals surface area contributed by atoms with Gasteiger partial charge < -0.3 is 5.11 Å². The minimum absolute atomic E-state index is 0.0337. The van der Waals surface area contributed by atoms with Gasteiger partial charge in [0.1, 0.15) is 4.75 Å². The number of hydrogen-bond donors (Lipinski definition) is 1. The Hall–Kier alpha value is -0.320. The quantitative estimate of drug-likeness (QED) is 0.715. The van der Waals surface area contributed by atoms with Crippen LogP contribution in [0.2, 0.25) is 0 Å². The van der Waals surface area contributed by atoms with Gasteiger partial charge in [0.25, 0.3) is 4.45 Å². The zero-order valence-corrected chi connectivity index (χ0v) is 12.2. The predicted molar refractivity (Wildman–Crippen MR) is 74.2 cm³/mol. The maximum Gasteiger partial charge on any atom is 0.303 e. The first kappa shape index (κ1) is 16.7. The van der Waals surface area contributed by atoms with E-state index in [2.05, 4.69) is 6.07 Å². The molecular formula is C10H15NO3S3. The Morgan fingerprint density at radius 3 is 2.59 bits per heavy atom. The molecule has 17 heavy (non-hydrogen) atoms. The van der Waals surface area contributed by atoms with E-state index >= 15 is 0 Å². The Morgan fingerprint density at radius 1 is 1.47 bits per heavy atom. The highest BCUT2D eigenvalue weighted by Crippen LogP contribution is 2.41. The Balaban J connectivity index is 4.07. The normalized spacial score (nSPS) is 13.7. The van der Waals surface area contributed by atoms with Crippen molar-refractivity contribution in [2.75, 3.05) is 5.75 Å². The van der Waals surface area contributed by atoms with Gasteiger partial charge in [0.05, 0.1) is 6.07 Å². The highest BCUT2D eigenvalue weighted by Gasteiger charge is 2.27. The van der Waals surface area contributed by atoms with E-state index in [4.69, 9.17) is 10.4 Å². The molecule has 0 saturated carbocycles. The predicted octanol–water partition coefficient (Wildman–Crippen LogP) is 3.78. The van der Waals surface area contributed by atoms with Gasteiger partial charge in [-0.3, -0.25) is 9.59 Å². The maximum atomic E-state index is 11.4. The fourth-order valence-electron chi connectivity index (χ4n) is 0.797. The fraction of sp³-hybridized carbons (Fsp3) is 0.700. The zero-order valence-electron chi connectivity index (χ0n) is 9.76. The first-order valence-corrected chi connectivity index (χ1v) is 8.22. The summed E-state index contributed by atoms with van der Waals surface area (Å²) in [5, 5.41) is 17.6. The minimum atomic E-state index is -0.927. The SMILES string of the molecule is CCCSC(=O)SSC(C)(C#N)CCC(=O)O. The Morgan fingerprint density at radius 2 is 2.12 bits per heavy atom. The molecule has 0 heterocycles. The molecular weight excluding hydrogens is 278 g/mol. The summed E-state index contributed by atoms with van der Waals surface area (Å²) in [4.78, 5) is 21.8. The monoisotopic (exact) mass is 293 g/mol. The zero-order chi connectivity index (χ0) is 13.3. The number of nitrogens with zero attached hydrogens (tertiary/aromatic N) is 1. The van der Waals surface area contributed by atoms with Crippen molar-refractivity contribution in [2.24, 2.45) is 0 Å². The molecule has 0 radical (unpaired) electrons. The second kappa shape index (κ2) is 8.72. The van der Waals surface area contributed by atoms with E-state index in [0.717, 1.165) is 33.8 Å². The third kappa shape index (κ3) is 8.41. The second-order valence-corrected chi connectivity index (χ2v) is 7.43. The van der Waals surface area contributed by atoms with Gasteiger partial charge >= 0.3 is 5.97 Å². The highest BCUT2D eigenvalue weighted by atomic mass is 33.1. The molecule has 7 heteroatoms. The van der Waals surface area contributed by atoms with E-state index in [1.54, 1.807) is 6.92 Å². The van der Waals surface area contributed by atoms with Crippen LogP contribution >= 0.6 is 33.3 Å². The molecule has 0 aromatic heterocycles. The molecule has 0 amide bonds. The van der Waals surface area contributed by atoms with Gasteiger partial charge in [0.15, 0.2) is 0 Å². The first-order chi connectivity index (χ1) is 7.93. The number of carbonyl (C=O) groups excluding carboxylic acids is 1. The Labute approximate surface area is 113 Å². The van der Waals surface area contributed by atoms with Crippen molar-refractivity contribution in [1.29, 1.82) is 5.26 Å². The minimum Gasteiger partial charge on any atom is -0.481 e. The van der Waals surface area contributed by atoms with Crippen LogP contribution in [0.5, 0.6) is 0 Å². The summed E-state index contributed by atoms with van der Waals surface area (Å²) in [6.07, 6.45) is 1.10. The van der Waals surface area contributed by atoms with E-state index in [1.807, 2.05) is 6.92 Å². The van der Waals surface area contributed by atoms with Gasteiger partial charge in [0.2, 0.25) is 0 Å². The number of hydrogen-bond acceptors (Lipinski definition) is 6. The number of carbonyl (C=O) groups is 2. The van der Waals surface area contributed by atoms with Crippen molar-refractivity contribution in [1.82, 2.24) is 0 Å². The van der Waals surface area contributed by atoms with Crippen LogP contribution in [-0.2, 0) is 4.79 Å². The van der Waals surface area contributed by atoms with Crippen molar-refractivity contribution in [2.45, 2.75) is 37.9 Å². The third-order valence-corrected chi connectivity index (χ3v) is 6.23. The van der Waals surface area contributed by atoms with Crippen molar-refractivity contribution in [3.63, 3.8) is 0 Å². The number of carboxylic acid groups (broad SMARTS) is 1. The van der Waals surface area contributed by atoms with Gasteiger partial charge in [-0.25, -0.2) is 0 Å². The lowest BCUT2D eigenvalue weighted by Gasteiger charge is -2.17. The summed E-state index contributed by atoms with van der Waals surface area (Å²) in [7, 11) is 2.17. The third-order valence-electron chi connectivity index (χ3n) is 1.77. The lowest BCUT2D eigenvalue weighted by atomic mass is 10.1. The second-order valence-electron chi connectivity index (χ2n) is 3.50. The van der Waals surface area contributed by atoms with E-state index < -0.39 is 10.7 Å². The van der Waals surface area contributed by atoms with Crippen molar-refractivity contribution < 1.29 is 14.7 Å². The molecule has 0 bridgehead atoms. The lowest BCUT2D eigenvalue weighted by molar-refractivity contribution is -0.137. The molecule has 1 unspecified atom stereocenters. The molecule has 1 atom stereocenters. The van der Waals surface area contributed by atoms with Gasteiger partial charge in [-0.05, 0) is 30.6 Å². The summed E-state index contributed by atoms with van der Waals surface area (Å²) >= 11 is 1.23. The molecule has 0 fully saturated rings. The molecule has 0 rings (SSSR count). The molecule has 4 nitrogen and oxygen atoms in total. The van der Waals surface area contributed by atoms with Gasteiger partial charge in [-0.1, -0.05) is 29.5 Å². The molecule has 96 valence electrons. The molecule has 0 aliphatic carbocycles. The van der Waals surface area contributed by atoms with E-state index in [9.17, 15) is 9.59 Å². The van der Waals surface area contributed by atoms with E-state index in [-0.39, 0.29) is 17.3 Å². The molecule has 0 aromatic carbocycles. The molecule has 1 N–H and O–H groups in total. The van der Waals surface area contributed by atoms with Crippen molar-refractivity contribution in [3.8, 4) is 6.07 Å². The number of aliphatic carboxylic acids is 1. The number of thioether (sulfide) groups is 1. The van der Waals surface area contributed by atoms with Crippen LogP contribution in [0, 0.1) is 11.3 Å². The molecule has 0 aliphatic rings. The smallest absolute Gasteiger partial charge is 0.303 e. The van der Waals surface area contributed by atoms with E-state index in [0.29, 0.717) is 0 Å². The highest BCUT2D eigenvalue weighted by molar-refractivity contribution is 8.86. The van der Waals surface area contributed by atoms with Crippen LogP contribution in [0.3, 0.4) is 0 Å². The summed E-state index contributed by atoms with van der Waals surface area (Å²) in [6, 6.07) is 2.06. The molecule has 0 spiro atoms. The molecule has 0 saturated heterocycles. The van der Waals surface area contributed by atoms with Crippen LogP contribution in [-0.4, -0.2) is 26.0 Å². The van der Waals surface area contributed by atoms with Crippen LogP contribution < -0.4 is 0 Å². The average Bonchev–Trinajstić information content (AvgIpc) is 2.31. The van der Waals surface area contributed by atoms with Gasteiger partial charge in [-0.2, -0.15) is 5.26 Å². The summed E-state index contributed by atoms with van der Waals surface area (Å²) in [6.45, 7) is 3.65. The Kier molecular flexibility index (Phi) is 8.56. The summed E-state index contributed by atoms with van der Waals surface area (Å²) < 4.78 is -0.862. The molecule has 0 aliphatic heterocycles. The summed E-state index contributed by atoms with van der Waals surface area (Å²) in [5.74, 6) is -0.158. The van der Waals surface area contributed by atoms with Crippen molar-refractivity contribution >= 4 is 43.8 Å². The lowest BCUT2D eigenvalue weighted by Crippen LogP contribution is -2.18. The van der Waals surface area contributed by atoms with Crippen LogP contribution in [0.4, 0.5) is 4.79 Å². The van der Waals surface area contributed by atoms with Crippen LogP contribution in [0.1, 0.15) is 33.1 Å². The Bertz CT molecular complexity index is 316. The standard InChI is InChI=1S/C10H15NO3S3/c1-3-6-15-9(14)16-17-10(2,7-11)5-4-8(12)13/h3-6H2,1-2H3,(H,12,13). The first-order valence-electron chi connectivity index (χ1n) is 5.09. The average molecular weight is 293 g/mol. The topological polar surface area (TPSA) is 78.2 Å². The van der Waals surface area contributed by atoms with Crippen LogP contribution in [0.15, 0.2) is 0 Å². The van der Waals surface area contributed by atoms with Crippen LogP contribution in [0.25, 0.3) is 0 Å². The van der Waals surface area contributed by atoms with Gasteiger partial charge in [-0.15, -0.1) is 0 Å². The number of nitriles is 1. The van der Waals surface area contributed by atoms with Crippen molar-refractivity contribution in [3.05, 3.63) is 0 Å².